The fourth-order valence-corrected chi connectivity index (χ4v) is 15.9. The minimum absolute atomic E-state index is 0.0117. The zero-order chi connectivity index (χ0) is 96.0. The molecule has 9 N–H and O–H groups in total. The highest BCUT2D eigenvalue weighted by molar-refractivity contribution is 5.95. The molecule has 4 fully saturated rings. The van der Waals surface area contributed by atoms with E-state index >= 15 is 0 Å². The lowest BCUT2D eigenvalue weighted by molar-refractivity contribution is 0.0992. The van der Waals surface area contributed by atoms with Crippen LogP contribution in [0.4, 0.5) is 94.1 Å². The molecule has 0 spiro atoms. The summed E-state index contributed by atoms with van der Waals surface area (Å²) in [6.07, 6.45) is 24.6. The molecular weight excluding hydrogens is 1760 g/mol. The maximum Gasteiger partial charge on any atom is 0.248 e. The van der Waals surface area contributed by atoms with E-state index in [9.17, 15) is 14.4 Å². The first kappa shape index (κ1) is 94.1. The summed E-state index contributed by atoms with van der Waals surface area (Å²) in [4.78, 5) is 141. The number of nitrogens with zero attached hydrogens (tertiary/aromatic N) is 28. The number of carbonyl (C=O) groups is 3. The highest BCUT2D eigenvalue weighted by Gasteiger charge is 2.27. The van der Waals surface area contributed by atoms with Gasteiger partial charge in [0.2, 0.25) is 83.2 Å². The SMILES string of the molecule is CC(=O)c1cccc(Nc2ncnc(N3CCN(c4ncc(Cc5ccccc5)cn4)CC3)n2)c1.CNCc1cccc(Nc2ncnc(N3CCN(c4ncc(Cc5ccccc5)cn4)CC3)n2)c1.NC(=O)c1ccc(Nc2ncnc(N3CCN(c4ncc(Cc5ccccc5)cn4)CC3)n2)cc1.NC(=O)c1cccc(Nc2ncnc(N3CCN(c4ncc(Cc5ccccc5)cn4)CC3)n2)c1. The van der Waals surface area contributed by atoms with Crippen LogP contribution in [0.1, 0.15) is 88.1 Å². The first-order valence-corrected chi connectivity index (χ1v) is 46.1. The minimum Gasteiger partial charge on any atom is -0.366 e. The second kappa shape index (κ2) is 47.0. The predicted octanol–water partition coefficient (Wildman–Crippen LogP) is 11.4. The average molecular weight is 1870 g/mol. The molecule has 38 heteroatoms. The molecule has 20 rings (SSSR count). The third-order valence-electron chi connectivity index (χ3n) is 23.3. The molecule has 0 aliphatic carbocycles. The Labute approximate surface area is 809 Å². The van der Waals surface area contributed by atoms with Gasteiger partial charge in [-0.1, -0.05) is 152 Å². The number of benzene rings is 8. The Morgan fingerprint density at radius 1 is 0.250 bits per heavy atom. The van der Waals surface area contributed by atoms with Crippen molar-refractivity contribution in [1.29, 1.82) is 0 Å². The summed E-state index contributed by atoms with van der Waals surface area (Å²) in [7, 11) is 1.94. The van der Waals surface area contributed by atoms with Crippen molar-refractivity contribution in [3.05, 3.63) is 360 Å². The van der Waals surface area contributed by atoms with Crippen molar-refractivity contribution in [2.45, 2.75) is 39.2 Å². The van der Waals surface area contributed by atoms with Gasteiger partial charge in [0, 0.05) is 226 Å². The number of carbonyl (C=O) groups excluding carboxylic acids is 3. The van der Waals surface area contributed by atoms with Gasteiger partial charge in [-0.3, -0.25) is 14.4 Å². The Kier molecular flexibility index (Phi) is 31.6. The van der Waals surface area contributed by atoms with Crippen LogP contribution in [0.5, 0.6) is 0 Å². The molecule has 38 nitrogen and oxygen atoms in total. The number of nitrogens with two attached hydrogens (primary N) is 2. The number of aromatic nitrogens is 20. The Morgan fingerprint density at radius 3 is 0.779 bits per heavy atom. The van der Waals surface area contributed by atoms with Crippen molar-refractivity contribution in [2.75, 3.05) is 172 Å². The second-order valence-electron chi connectivity index (χ2n) is 33.3. The number of nitrogens with one attached hydrogen (secondary N) is 5. The number of Topliss-reactive ketones (excluding diaryl/α,β-unsaturated/α-hetero) is 1. The zero-order valence-corrected chi connectivity index (χ0v) is 77.5. The van der Waals surface area contributed by atoms with Gasteiger partial charge in [-0.25, -0.2) is 79.7 Å². The lowest BCUT2D eigenvalue weighted by Crippen LogP contribution is -2.47. The Morgan fingerprint density at radius 2 is 0.500 bits per heavy atom. The van der Waals surface area contributed by atoms with Gasteiger partial charge in [0.15, 0.2) is 5.78 Å². The molecule has 0 radical (unpaired) electrons. The molecule has 0 unspecified atom stereocenters. The molecule has 706 valence electrons. The van der Waals surface area contributed by atoms with Gasteiger partial charge >= 0.3 is 0 Å². The van der Waals surface area contributed by atoms with Gasteiger partial charge in [-0.2, -0.15) is 19.9 Å². The third kappa shape index (κ3) is 26.7. The van der Waals surface area contributed by atoms with E-state index in [-0.39, 0.29) is 5.78 Å². The van der Waals surface area contributed by atoms with Crippen molar-refractivity contribution in [3.8, 4) is 0 Å². The molecule has 8 aromatic heterocycles. The van der Waals surface area contributed by atoms with E-state index in [1.165, 1.54) is 46.8 Å². The first-order valence-electron chi connectivity index (χ1n) is 46.1. The maximum atomic E-state index is 11.6. The Bertz CT molecular complexity index is 6490. The van der Waals surface area contributed by atoms with Crippen LogP contribution in [0.3, 0.4) is 0 Å². The van der Waals surface area contributed by atoms with E-state index in [1.807, 2.05) is 148 Å². The Hall–Kier alpha value is -17.7. The van der Waals surface area contributed by atoms with Crippen LogP contribution in [0, 0.1) is 0 Å². The standard InChI is InChI=1S/C26H29N9.C26H26N8O.2C25H25N9O/c1-27-16-21-8-5-9-23(15-21)32-24-30-19-31-26(33-24)35-12-10-34(11-13-35)25-28-17-22(18-29-25)14-20-6-3-2-4-7-20;1-19(35)22-8-5-9-23(15-22)31-24-29-18-30-26(32-24)34-12-10-33(11-13-34)25-27-16-21(17-28-25)14-20-6-3-2-4-7-20;26-22(35)20-7-4-8-21(14-20)31-23-29-17-30-25(32-23)34-11-9-33(10-12-34)24-27-15-19(16-28-24)13-18-5-2-1-3-6-18;26-22(35)20-6-8-21(9-7-20)31-23-29-17-30-25(32-23)34-12-10-33(11-13-34)24-27-15-19(16-28-24)14-18-4-2-1-3-5-18/h2-9,15,17-19,27H,10-14,16H2,1H3,(H,30,31,32,33);2-9,15-18H,10-14H2,1H3,(H,29,30,31,32);1-8,14-17H,9-13H2,(H2,26,35)(H,29,30,31,32);1-9,15-17H,10-14H2,(H2,26,35)(H,29,30,31,32). The number of amides is 2. The van der Waals surface area contributed by atoms with Crippen LogP contribution in [0.25, 0.3) is 0 Å². The highest BCUT2D eigenvalue weighted by Crippen LogP contribution is 2.27. The Balaban J connectivity index is 0.000000129. The molecule has 16 aromatic rings. The maximum absolute atomic E-state index is 11.6. The molecule has 0 atom stereocenters. The van der Waals surface area contributed by atoms with E-state index < -0.39 is 11.8 Å². The van der Waals surface area contributed by atoms with Gasteiger partial charge in [-0.05, 0) is 131 Å². The molecule has 0 bridgehead atoms. The monoisotopic (exact) mass is 1870 g/mol. The van der Waals surface area contributed by atoms with Gasteiger partial charge in [-0.15, -0.1) is 0 Å². The van der Waals surface area contributed by atoms with E-state index in [0.717, 1.165) is 200 Å². The molecule has 12 heterocycles. The van der Waals surface area contributed by atoms with E-state index in [0.29, 0.717) is 70.0 Å². The van der Waals surface area contributed by atoms with Crippen LogP contribution < -0.4 is 77.3 Å². The van der Waals surface area contributed by atoms with Crippen molar-refractivity contribution in [1.82, 2.24) is 105 Å². The summed E-state index contributed by atoms with van der Waals surface area (Å²) in [6.45, 7) is 14.6. The molecule has 8 aromatic carbocycles. The summed E-state index contributed by atoms with van der Waals surface area (Å²) in [5.41, 5.74) is 25.8. The van der Waals surface area contributed by atoms with Crippen LogP contribution in [0.15, 0.2) is 293 Å². The van der Waals surface area contributed by atoms with E-state index in [1.54, 1.807) is 67.8 Å². The first-order chi connectivity index (χ1) is 68.7. The van der Waals surface area contributed by atoms with Crippen molar-refractivity contribution in [2.24, 2.45) is 11.5 Å². The summed E-state index contributed by atoms with van der Waals surface area (Å²) in [5, 5.41) is 15.9. The lowest BCUT2D eigenvalue weighted by Gasteiger charge is -2.34. The molecule has 4 aliphatic rings. The van der Waals surface area contributed by atoms with Gasteiger partial charge in [0.1, 0.15) is 25.3 Å². The fraction of sp³-hybridized carbons (Fsp3) is 0.225. The largest absolute Gasteiger partial charge is 0.366 e. The lowest BCUT2D eigenvalue weighted by atomic mass is 10.1. The number of ketones is 1. The molecule has 2 amide bonds. The van der Waals surface area contributed by atoms with Gasteiger partial charge in [0.25, 0.3) is 0 Å². The summed E-state index contributed by atoms with van der Waals surface area (Å²) >= 11 is 0. The van der Waals surface area contributed by atoms with Crippen LogP contribution in [-0.4, -0.2) is 229 Å². The third-order valence-corrected chi connectivity index (χ3v) is 23.3. The summed E-state index contributed by atoms with van der Waals surface area (Å²) < 4.78 is 0. The predicted molar refractivity (Wildman–Crippen MR) is 541 cm³/mol. The number of hydrogen-bond donors (Lipinski definition) is 7. The van der Waals surface area contributed by atoms with Crippen molar-refractivity contribution >= 4 is 112 Å². The smallest absolute Gasteiger partial charge is 0.248 e. The number of hydrogen-bond acceptors (Lipinski definition) is 36. The molecule has 0 saturated carbocycles. The number of anilines is 16. The average Bonchev–Trinajstić information content (AvgIpc) is 0.833. The minimum atomic E-state index is -0.488. The quantitative estimate of drug-likeness (QED) is 0.0214. The van der Waals surface area contributed by atoms with Crippen molar-refractivity contribution < 1.29 is 14.4 Å². The normalized spacial score (nSPS) is 13.5. The topological polar surface area (TPSA) is 447 Å². The second-order valence-corrected chi connectivity index (χ2v) is 33.3. The van der Waals surface area contributed by atoms with Crippen LogP contribution in [0.2, 0.25) is 0 Å². The van der Waals surface area contributed by atoms with Crippen LogP contribution >= 0.6 is 0 Å². The van der Waals surface area contributed by atoms with Crippen molar-refractivity contribution in [3.63, 3.8) is 0 Å². The molecular formula is C102H105N35O3. The summed E-state index contributed by atoms with van der Waals surface area (Å²) in [5.74, 6) is 6.32. The van der Waals surface area contributed by atoms with Gasteiger partial charge < -0.3 is 77.3 Å². The van der Waals surface area contributed by atoms with E-state index in [4.69, 9.17) is 11.5 Å². The van der Waals surface area contributed by atoms with E-state index in [2.05, 4.69) is 238 Å². The number of rotatable bonds is 29. The van der Waals surface area contributed by atoms with Crippen LogP contribution in [-0.2, 0) is 32.2 Å². The summed E-state index contributed by atoms with van der Waals surface area (Å²) in [6, 6.07) is 70.5. The zero-order valence-electron chi connectivity index (χ0n) is 77.5. The number of primary amides is 2. The molecule has 4 aliphatic heterocycles. The molecule has 140 heavy (non-hydrogen) atoms. The fourth-order valence-electron chi connectivity index (χ4n) is 15.9. The molecule has 4 saturated heterocycles. The highest BCUT2D eigenvalue weighted by atomic mass is 16.1. The van der Waals surface area contributed by atoms with Gasteiger partial charge in [0.05, 0.1) is 0 Å². The number of piperazine rings is 4.